The number of amides is 6. The molecule has 0 saturated heterocycles. The van der Waals surface area contributed by atoms with E-state index in [1.54, 1.807) is 72.8 Å². The Morgan fingerprint density at radius 1 is 0.526 bits per heavy atom. The summed E-state index contributed by atoms with van der Waals surface area (Å²) in [5.74, 6) is -2.97. The van der Waals surface area contributed by atoms with Crippen molar-refractivity contribution >= 4 is 35.4 Å². The molecule has 10 nitrogen and oxygen atoms in total. The SMILES string of the molecule is O=C(CN1C(=O)c2ccccc2C1=O)NCc1cccc(CNC(=O)CN2C(=O)c3ccccc3C2=O)c1. The summed E-state index contributed by atoms with van der Waals surface area (Å²) >= 11 is 0. The van der Waals surface area contributed by atoms with E-state index in [4.69, 9.17) is 0 Å². The third-order valence-electron chi connectivity index (χ3n) is 6.33. The Hall–Kier alpha value is -5.12. The Balaban J connectivity index is 1.11. The van der Waals surface area contributed by atoms with Crippen LogP contribution in [0.2, 0.25) is 0 Å². The molecule has 2 aliphatic heterocycles. The molecule has 38 heavy (non-hydrogen) atoms. The van der Waals surface area contributed by atoms with E-state index in [2.05, 4.69) is 10.6 Å². The van der Waals surface area contributed by atoms with Gasteiger partial charge >= 0.3 is 0 Å². The van der Waals surface area contributed by atoms with Crippen LogP contribution in [-0.4, -0.2) is 58.3 Å². The minimum atomic E-state index is -0.500. The van der Waals surface area contributed by atoms with Crippen molar-refractivity contribution in [3.05, 3.63) is 106 Å². The summed E-state index contributed by atoms with van der Waals surface area (Å²) in [7, 11) is 0. The normalized spacial score (nSPS) is 14.0. The lowest BCUT2D eigenvalue weighted by atomic mass is 10.1. The second-order valence-corrected chi connectivity index (χ2v) is 8.86. The Morgan fingerprint density at radius 2 is 0.868 bits per heavy atom. The monoisotopic (exact) mass is 510 g/mol. The predicted octanol–water partition coefficient (Wildman–Crippen LogP) is 1.51. The van der Waals surface area contributed by atoms with Gasteiger partial charge in [-0.15, -0.1) is 0 Å². The number of carbonyl (C=O) groups is 6. The van der Waals surface area contributed by atoms with Crippen molar-refractivity contribution in [2.75, 3.05) is 13.1 Å². The molecule has 0 spiro atoms. The molecule has 0 bridgehead atoms. The van der Waals surface area contributed by atoms with Crippen molar-refractivity contribution in [3.8, 4) is 0 Å². The first-order valence-corrected chi connectivity index (χ1v) is 11.8. The molecule has 0 radical (unpaired) electrons. The number of carbonyl (C=O) groups excluding carboxylic acids is 6. The summed E-state index contributed by atoms with van der Waals surface area (Å²) in [6, 6.07) is 20.0. The average Bonchev–Trinajstić information content (AvgIpc) is 3.32. The van der Waals surface area contributed by atoms with E-state index in [1.807, 2.05) is 0 Å². The van der Waals surface area contributed by atoms with Crippen molar-refractivity contribution in [1.82, 2.24) is 20.4 Å². The van der Waals surface area contributed by atoms with Crippen LogP contribution >= 0.6 is 0 Å². The van der Waals surface area contributed by atoms with Crippen molar-refractivity contribution in [2.45, 2.75) is 13.1 Å². The molecule has 6 amide bonds. The number of benzene rings is 3. The lowest BCUT2D eigenvalue weighted by Crippen LogP contribution is -2.40. The molecule has 0 unspecified atom stereocenters. The van der Waals surface area contributed by atoms with E-state index in [-0.39, 0.29) is 48.4 Å². The largest absolute Gasteiger partial charge is 0.350 e. The van der Waals surface area contributed by atoms with E-state index in [9.17, 15) is 28.8 Å². The second kappa shape index (κ2) is 10.1. The molecule has 10 heteroatoms. The summed E-state index contributed by atoms with van der Waals surface area (Å²) < 4.78 is 0. The lowest BCUT2D eigenvalue weighted by Gasteiger charge is -2.15. The van der Waals surface area contributed by atoms with Crippen LogP contribution in [0.3, 0.4) is 0 Å². The standard InChI is InChI=1S/C28H22N4O6/c33-23(15-31-25(35)19-8-1-2-9-20(19)26(31)36)29-13-17-6-5-7-18(12-17)14-30-24(34)16-32-27(37)21-10-3-4-11-22(21)28(32)38/h1-12H,13-16H2,(H,29,33)(H,30,34). The van der Waals surface area contributed by atoms with Crippen LogP contribution in [0.5, 0.6) is 0 Å². The van der Waals surface area contributed by atoms with Gasteiger partial charge < -0.3 is 10.6 Å². The summed E-state index contributed by atoms with van der Waals surface area (Å²) in [6.07, 6.45) is 0. The highest BCUT2D eigenvalue weighted by atomic mass is 16.2. The molecular formula is C28H22N4O6. The van der Waals surface area contributed by atoms with Crippen molar-refractivity contribution in [1.29, 1.82) is 0 Å². The molecule has 0 aliphatic carbocycles. The van der Waals surface area contributed by atoms with Gasteiger partial charge in [0.2, 0.25) is 11.8 Å². The predicted molar refractivity (Wildman–Crippen MR) is 134 cm³/mol. The van der Waals surface area contributed by atoms with Gasteiger partial charge in [0.05, 0.1) is 22.3 Å². The Labute approximate surface area is 217 Å². The number of fused-ring (bicyclic) bond motifs is 2. The van der Waals surface area contributed by atoms with E-state index < -0.39 is 35.4 Å². The molecule has 0 saturated carbocycles. The molecule has 0 aromatic heterocycles. The van der Waals surface area contributed by atoms with Crippen LogP contribution in [0.4, 0.5) is 0 Å². The smallest absolute Gasteiger partial charge is 0.262 e. The first kappa shape index (κ1) is 24.6. The summed E-state index contributed by atoms with van der Waals surface area (Å²) in [4.78, 5) is 76.5. The second-order valence-electron chi connectivity index (χ2n) is 8.86. The molecule has 2 aliphatic rings. The number of nitrogens with one attached hydrogen (secondary N) is 2. The zero-order valence-electron chi connectivity index (χ0n) is 20.1. The Kier molecular flexibility index (Phi) is 6.53. The molecule has 0 atom stereocenters. The zero-order chi connectivity index (χ0) is 26.8. The van der Waals surface area contributed by atoms with E-state index in [0.717, 1.165) is 20.9 Å². The highest BCUT2D eigenvalue weighted by Gasteiger charge is 2.37. The zero-order valence-corrected chi connectivity index (χ0v) is 20.1. The quantitative estimate of drug-likeness (QED) is 0.442. The van der Waals surface area contributed by atoms with Crippen LogP contribution in [0.15, 0.2) is 72.8 Å². The molecule has 3 aromatic carbocycles. The minimum absolute atomic E-state index is 0.152. The van der Waals surface area contributed by atoms with E-state index in [0.29, 0.717) is 0 Å². The van der Waals surface area contributed by atoms with Gasteiger partial charge in [0.25, 0.3) is 23.6 Å². The van der Waals surface area contributed by atoms with Crippen LogP contribution in [0, 0.1) is 0 Å². The maximum Gasteiger partial charge on any atom is 0.262 e. The average molecular weight is 511 g/mol. The fraction of sp³-hybridized carbons (Fsp3) is 0.143. The van der Waals surface area contributed by atoms with Gasteiger partial charge in [-0.1, -0.05) is 48.5 Å². The van der Waals surface area contributed by atoms with Gasteiger partial charge in [-0.25, -0.2) is 0 Å². The van der Waals surface area contributed by atoms with Gasteiger partial charge in [-0.3, -0.25) is 38.6 Å². The van der Waals surface area contributed by atoms with Crippen molar-refractivity contribution in [3.63, 3.8) is 0 Å². The van der Waals surface area contributed by atoms with Gasteiger partial charge in [0.15, 0.2) is 0 Å². The third kappa shape index (κ3) is 4.66. The van der Waals surface area contributed by atoms with Crippen LogP contribution in [0.25, 0.3) is 0 Å². The molecule has 190 valence electrons. The van der Waals surface area contributed by atoms with Gasteiger partial charge in [0, 0.05) is 13.1 Å². The number of hydrogen-bond acceptors (Lipinski definition) is 6. The van der Waals surface area contributed by atoms with Crippen LogP contribution in [-0.2, 0) is 22.7 Å². The third-order valence-corrected chi connectivity index (χ3v) is 6.33. The maximum absolute atomic E-state index is 12.4. The molecule has 5 rings (SSSR count). The topological polar surface area (TPSA) is 133 Å². The van der Waals surface area contributed by atoms with Crippen LogP contribution < -0.4 is 10.6 Å². The highest BCUT2D eigenvalue weighted by Crippen LogP contribution is 2.23. The number of hydrogen-bond donors (Lipinski definition) is 2. The Bertz CT molecular complexity index is 1340. The molecule has 0 fully saturated rings. The molecule has 2 N–H and O–H groups in total. The summed E-state index contributed by atoms with van der Waals surface area (Å²) in [5.41, 5.74) is 2.61. The van der Waals surface area contributed by atoms with Crippen LogP contribution in [0.1, 0.15) is 52.6 Å². The van der Waals surface area contributed by atoms with E-state index in [1.165, 1.54) is 0 Å². The maximum atomic E-state index is 12.4. The minimum Gasteiger partial charge on any atom is -0.350 e. The number of nitrogens with zero attached hydrogens (tertiary/aromatic N) is 2. The van der Waals surface area contributed by atoms with Crippen molar-refractivity contribution < 1.29 is 28.8 Å². The molecule has 3 aromatic rings. The summed E-state index contributed by atoms with van der Waals surface area (Å²) in [5, 5.41) is 5.40. The van der Waals surface area contributed by atoms with Crippen molar-refractivity contribution in [2.24, 2.45) is 0 Å². The molecular weight excluding hydrogens is 488 g/mol. The van der Waals surface area contributed by atoms with E-state index >= 15 is 0 Å². The number of rotatable bonds is 8. The van der Waals surface area contributed by atoms with Gasteiger partial charge in [-0.05, 0) is 35.4 Å². The fourth-order valence-electron chi connectivity index (χ4n) is 4.42. The molecule has 2 heterocycles. The van der Waals surface area contributed by atoms with Gasteiger partial charge in [0.1, 0.15) is 13.1 Å². The summed E-state index contributed by atoms with van der Waals surface area (Å²) in [6.45, 7) is -0.475. The lowest BCUT2D eigenvalue weighted by molar-refractivity contribution is -0.122. The number of imide groups is 2. The first-order chi connectivity index (χ1) is 18.3. The fourth-order valence-corrected chi connectivity index (χ4v) is 4.42. The highest BCUT2D eigenvalue weighted by molar-refractivity contribution is 6.23. The van der Waals surface area contributed by atoms with Gasteiger partial charge in [-0.2, -0.15) is 0 Å². The Morgan fingerprint density at radius 3 is 1.21 bits per heavy atom. The first-order valence-electron chi connectivity index (χ1n) is 11.8.